The molecule has 3 aromatic carbocycles. The standard InChI is InChI=1S/C34H34O18/c35-11-20-23(40)25(42)27(44)33(49-20)47-17-9-18(39)22-19(10-17)48-29(13-1-5-15(37)6-2-13)31(24(22)41)52-34-28(45)26(43)30(21(12-36)50-34)51-32(46)14-3-7-16(38)8-4-14/h1-10,20-21,23,25-28,30,33-40,42-45H,11-12H2. The molecule has 2 fully saturated rings. The third-order valence-corrected chi connectivity index (χ3v) is 8.54. The number of rotatable bonds is 9. The lowest BCUT2D eigenvalue weighted by atomic mass is 9.98. The van der Waals surface area contributed by atoms with E-state index >= 15 is 0 Å². The van der Waals surface area contributed by atoms with Crippen molar-refractivity contribution in [1.29, 1.82) is 0 Å². The van der Waals surface area contributed by atoms with Crippen molar-refractivity contribution in [2.75, 3.05) is 13.2 Å². The fourth-order valence-corrected chi connectivity index (χ4v) is 5.74. The van der Waals surface area contributed by atoms with Gasteiger partial charge >= 0.3 is 5.97 Å². The van der Waals surface area contributed by atoms with E-state index in [1.54, 1.807) is 0 Å². The normalized spacial score (nSPS) is 29.1. The smallest absolute Gasteiger partial charge is 0.338 e. The predicted octanol–water partition coefficient (Wildman–Crippen LogP) is -1.20. The number of hydrogen-bond donors (Lipinski definition) is 10. The number of hydrogen-bond acceptors (Lipinski definition) is 18. The summed E-state index contributed by atoms with van der Waals surface area (Å²) in [6.07, 6.45) is -17.2. The van der Waals surface area contributed by atoms with Crippen LogP contribution >= 0.6 is 0 Å². The van der Waals surface area contributed by atoms with E-state index in [0.29, 0.717) is 0 Å². The van der Waals surface area contributed by atoms with E-state index < -0.39 is 103 Å². The number of benzene rings is 3. The molecule has 10 unspecified atom stereocenters. The van der Waals surface area contributed by atoms with Crippen molar-refractivity contribution in [3.05, 3.63) is 76.5 Å². The number of aromatic hydroxyl groups is 3. The summed E-state index contributed by atoms with van der Waals surface area (Å²) in [6.45, 7) is -1.59. The molecule has 2 aliphatic heterocycles. The highest BCUT2D eigenvalue weighted by molar-refractivity contribution is 5.90. The van der Waals surface area contributed by atoms with Gasteiger partial charge in [-0.1, -0.05) is 0 Å². The maximum absolute atomic E-state index is 14.0. The molecule has 18 heteroatoms. The zero-order valence-corrected chi connectivity index (χ0v) is 26.7. The second-order valence-electron chi connectivity index (χ2n) is 12.0. The number of ether oxygens (including phenoxy) is 5. The molecule has 6 rings (SSSR count). The Morgan fingerprint density at radius 3 is 1.90 bits per heavy atom. The molecular formula is C34H34O18. The lowest BCUT2D eigenvalue weighted by Gasteiger charge is -2.41. The van der Waals surface area contributed by atoms with Gasteiger partial charge in [-0.25, -0.2) is 4.79 Å². The van der Waals surface area contributed by atoms with Crippen LogP contribution in [0.25, 0.3) is 22.3 Å². The molecular weight excluding hydrogens is 696 g/mol. The third kappa shape index (κ3) is 7.06. The highest BCUT2D eigenvalue weighted by Crippen LogP contribution is 2.39. The molecule has 0 spiro atoms. The Hall–Kier alpha value is -5.02. The molecule has 1 aromatic heterocycles. The van der Waals surface area contributed by atoms with E-state index in [9.17, 15) is 60.7 Å². The molecule has 2 aliphatic rings. The molecule has 0 saturated carbocycles. The average Bonchev–Trinajstić information content (AvgIpc) is 3.12. The Balaban J connectivity index is 1.33. The molecule has 18 nitrogen and oxygen atoms in total. The first kappa shape index (κ1) is 36.8. The quantitative estimate of drug-likeness (QED) is 0.0905. The van der Waals surface area contributed by atoms with Gasteiger partial charge in [0.25, 0.3) is 0 Å². The van der Waals surface area contributed by atoms with Crippen molar-refractivity contribution < 1.29 is 84.0 Å². The van der Waals surface area contributed by atoms with Crippen LogP contribution in [0.3, 0.4) is 0 Å². The minimum atomic E-state index is -2.01. The Morgan fingerprint density at radius 1 is 0.692 bits per heavy atom. The average molecular weight is 731 g/mol. The van der Waals surface area contributed by atoms with Crippen molar-refractivity contribution >= 4 is 16.9 Å². The fourth-order valence-electron chi connectivity index (χ4n) is 5.74. The second kappa shape index (κ2) is 14.9. The van der Waals surface area contributed by atoms with E-state index in [4.69, 9.17) is 28.1 Å². The monoisotopic (exact) mass is 730 g/mol. The van der Waals surface area contributed by atoms with Crippen LogP contribution in [0.5, 0.6) is 28.7 Å². The molecule has 52 heavy (non-hydrogen) atoms. The minimum Gasteiger partial charge on any atom is -0.508 e. The van der Waals surface area contributed by atoms with Crippen LogP contribution in [0.15, 0.2) is 69.9 Å². The first-order valence-corrected chi connectivity index (χ1v) is 15.7. The number of phenols is 3. The van der Waals surface area contributed by atoms with Gasteiger partial charge in [-0.15, -0.1) is 0 Å². The summed E-state index contributed by atoms with van der Waals surface area (Å²) in [7, 11) is 0. The van der Waals surface area contributed by atoms with Crippen LogP contribution in [-0.4, -0.2) is 132 Å². The maximum atomic E-state index is 14.0. The van der Waals surface area contributed by atoms with Crippen LogP contribution < -0.4 is 14.9 Å². The highest BCUT2D eigenvalue weighted by atomic mass is 16.7. The van der Waals surface area contributed by atoms with Crippen molar-refractivity contribution in [2.45, 2.75) is 61.4 Å². The zero-order valence-electron chi connectivity index (χ0n) is 26.7. The fraction of sp³-hybridized carbons (Fsp3) is 0.353. The molecule has 0 amide bonds. The van der Waals surface area contributed by atoms with Crippen molar-refractivity contribution in [3.63, 3.8) is 0 Å². The minimum absolute atomic E-state index is 0.0246. The van der Waals surface area contributed by atoms with Crippen molar-refractivity contribution in [1.82, 2.24) is 0 Å². The molecule has 0 bridgehead atoms. The van der Waals surface area contributed by atoms with E-state index in [2.05, 4.69) is 0 Å². The summed E-state index contributed by atoms with van der Waals surface area (Å²) < 4.78 is 33.7. The van der Waals surface area contributed by atoms with Crippen LogP contribution in [0, 0.1) is 0 Å². The SMILES string of the molecule is O=C(OC1C(CO)OC(Oc2c(-c3ccc(O)cc3)oc3cc(OC4OC(CO)C(O)C(O)C4O)cc(O)c3c2=O)C(O)C1O)c1ccc(O)cc1. The second-order valence-corrected chi connectivity index (χ2v) is 12.0. The van der Waals surface area contributed by atoms with Gasteiger partial charge in [0.15, 0.2) is 11.9 Å². The summed E-state index contributed by atoms with van der Waals surface area (Å²) >= 11 is 0. The first-order chi connectivity index (χ1) is 24.8. The first-order valence-electron chi connectivity index (χ1n) is 15.7. The van der Waals surface area contributed by atoms with Gasteiger partial charge in [0.1, 0.15) is 76.7 Å². The Labute approximate surface area is 292 Å². The summed E-state index contributed by atoms with van der Waals surface area (Å²) in [6, 6.07) is 12.2. The van der Waals surface area contributed by atoms with Gasteiger partial charge in [-0.2, -0.15) is 0 Å². The van der Waals surface area contributed by atoms with Crippen LogP contribution in [-0.2, 0) is 14.2 Å². The lowest BCUT2D eigenvalue weighted by molar-refractivity contribution is -0.277. The summed E-state index contributed by atoms with van der Waals surface area (Å²) in [5.41, 5.74) is -1.26. The summed E-state index contributed by atoms with van der Waals surface area (Å²) in [4.78, 5) is 26.7. The van der Waals surface area contributed by atoms with Gasteiger partial charge in [0.05, 0.1) is 18.8 Å². The molecule has 0 radical (unpaired) electrons. The Morgan fingerprint density at radius 2 is 1.27 bits per heavy atom. The molecule has 4 aromatic rings. The molecule has 3 heterocycles. The number of fused-ring (bicyclic) bond motifs is 1. The molecule has 10 N–H and O–H groups in total. The molecule has 2 saturated heterocycles. The van der Waals surface area contributed by atoms with Crippen LogP contribution in [0.1, 0.15) is 10.4 Å². The van der Waals surface area contributed by atoms with E-state index in [-0.39, 0.29) is 39.7 Å². The van der Waals surface area contributed by atoms with Crippen LogP contribution in [0.2, 0.25) is 0 Å². The maximum Gasteiger partial charge on any atom is 0.338 e. The Kier molecular flexibility index (Phi) is 10.5. The van der Waals surface area contributed by atoms with Crippen molar-refractivity contribution in [3.8, 4) is 40.1 Å². The largest absolute Gasteiger partial charge is 0.508 e. The highest BCUT2D eigenvalue weighted by Gasteiger charge is 2.49. The lowest BCUT2D eigenvalue weighted by Crippen LogP contribution is -2.61. The molecule has 10 atom stereocenters. The summed E-state index contributed by atoms with van der Waals surface area (Å²) in [5, 5.41) is 102. The number of carbonyl (C=O) groups excluding carboxylic acids is 1. The molecule has 0 aliphatic carbocycles. The van der Waals surface area contributed by atoms with Gasteiger partial charge in [-0.05, 0) is 48.5 Å². The molecule has 278 valence electrons. The van der Waals surface area contributed by atoms with E-state index in [1.165, 1.54) is 48.5 Å². The predicted molar refractivity (Wildman–Crippen MR) is 171 cm³/mol. The zero-order chi connectivity index (χ0) is 37.4. The Bertz CT molecular complexity index is 1940. The van der Waals surface area contributed by atoms with E-state index in [0.717, 1.165) is 12.1 Å². The summed E-state index contributed by atoms with van der Waals surface area (Å²) in [5.74, 6) is -3.26. The number of carbonyl (C=O) groups is 1. The van der Waals surface area contributed by atoms with Gasteiger partial charge in [0.2, 0.25) is 23.8 Å². The number of esters is 1. The number of aliphatic hydroxyl groups excluding tert-OH is 7. The van der Waals surface area contributed by atoms with Crippen molar-refractivity contribution in [2.24, 2.45) is 0 Å². The van der Waals surface area contributed by atoms with Gasteiger partial charge in [-0.3, -0.25) is 4.79 Å². The number of aliphatic hydroxyl groups is 7. The third-order valence-electron chi connectivity index (χ3n) is 8.54. The number of phenolic OH excluding ortho intramolecular Hbond substituents is 3. The van der Waals surface area contributed by atoms with Gasteiger partial charge < -0.3 is 79.2 Å². The van der Waals surface area contributed by atoms with E-state index in [1.807, 2.05) is 0 Å². The van der Waals surface area contributed by atoms with Gasteiger partial charge in [0, 0.05) is 17.7 Å². The van der Waals surface area contributed by atoms with Crippen LogP contribution in [0.4, 0.5) is 0 Å². The topological polar surface area (TPSA) is 296 Å².